The van der Waals surface area contributed by atoms with E-state index in [-0.39, 0.29) is 12.5 Å². The zero-order chi connectivity index (χ0) is 13.8. The highest BCUT2D eigenvalue weighted by molar-refractivity contribution is 9.10. The first-order valence-electron chi connectivity index (χ1n) is 5.29. The van der Waals surface area contributed by atoms with Crippen molar-refractivity contribution in [1.82, 2.24) is 10.6 Å². The Morgan fingerprint density at radius 1 is 1.50 bits per heavy atom. The van der Waals surface area contributed by atoms with E-state index in [9.17, 15) is 9.59 Å². The maximum absolute atomic E-state index is 11.6. The van der Waals surface area contributed by atoms with Crippen molar-refractivity contribution in [1.29, 1.82) is 0 Å². The summed E-state index contributed by atoms with van der Waals surface area (Å²) in [6.07, 6.45) is -0.120. The van der Waals surface area contributed by atoms with Gasteiger partial charge in [0.05, 0.1) is 13.0 Å². The second-order valence-electron chi connectivity index (χ2n) is 4.49. The fourth-order valence-electron chi connectivity index (χ4n) is 1.39. The molecule has 1 rings (SSSR count). The molecule has 0 aliphatic carbocycles. The standard InChI is InChI=1S/C11H15BrN2O3S/c1-11(2,4-9(15)16)14-10(17)13-5-8-3-7(12)6-18-8/h3,6H,4-5H2,1-2H3,(H,15,16)(H2,13,14,17). The van der Waals surface area contributed by atoms with Crippen LogP contribution >= 0.6 is 27.3 Å². The van der Waals surface area contributed by atoms with Crippen LogP contribution in [0.4, 0.5) is 4.79 Å². The van der Waals surface area contributed by atoms with E-state index < -0.39 is 11.5 Å². The summed E-state index contributed by atoms with van der Waals surface area (Å²) < 4.78 is 0.982. The van der Waals surface area contributed by atoms with Crippen LogP contribution in [-0.2, 0) is 11.3 Å². The number of thiophene rings is 1. The van der Waals surface area contributed by atoms with Gasteiger partial charge in [-0.1, -0.05) is 0 Å². The number of carboxylic acid groups (broad SMARTS) is 1. The van der Waals surface area contributed by atoms with Gasteiger partial charge in [-0.2, -0.15) is 0 Å². The van der Waals surface area contributed by atoms with Crippen LogP contribution in [-0.4, -0.2) is 22.6 Å². The minimum atomic E-state index is -0.942. The third-order valence-corrected chi connectivity index (χ3v) is 3.79. The number of amides is 2. The largest absolute Gasteiger partial charge is 0.481 e. The molecule has 0 unspecified atom stereocenters. The zero-order valence-electron chi connectivity index (χ0n) is 10.1. The Hall–Kier alpha value is -1.08. The van der Waals surface area contributed by atoms with Crippen LogP contribution in [0, 0.1) is 0 Å². The fraction of sp³-hybridized carbons (Fsp3) is 0.455. The number of carboxylic acids is 1. The van der Waals surface area contributed by atoms with Crippen molar-refractivity contribution in [3.05, 3.63) is 20.8 Å². The van der Waals surface area contributed by atoms with Gasteiger partial charge in [0.1, 0.15) is 0 Å². The van der Waals surface area contributed by atoms with Crippen LogP contribution in [0.15, 0.2) is 15.9 Å². The maximum atomic E-state index is 11.6. The van der Waals surface area contributed by atoms with Crippen LogP contribution in [0.1, 0.15) is 25.1 Å². The quantitative estimate of drug-likeness (QED) is 0.774. The number of carbonyl (C=O) groups is 2. The summed E-state index contributed by atoms with van der Waals surface area (Å²) in [6.45, 7) is 3.76. The highest BCUT2D eigenvalue weighted by Crippen LogP contribution is 2.19. The Kier molecular flexibility index (Phi) is 5.15. The fourth-order valence-corrected chi connectivity index (χ4v) is 2.78. The van der Waals surface area contributed by atoms with Gasteiger partial charge in [0.2, 0.25) is 0 Å². The molecule has 0 bridgehead atoms. The smallest absolute Gasteiger partial charge is 0.315 e. The molecule has 0 atom stereocenters. The first kappa shape index (κ1) is 15.0. The van der Waals surface area contributed by atoms with Crippen molar-refractivity contribution in [3.63, 3.8) is 0 Å². The summed E-state index contributed by atoms with van der Waals surface area (Å²) in [4.78, 5) is 23.2. The molecule has 0 aromatic carbocycles. The molecular weight excluding hydrogens is 320 g/mol. The van der Waals surface area contributed by atoms with E-state index in [0.717, 1.165) is 9.35 Å². The Labute approximate surface area is 118 Å². The van der Waals surface area contributed by atoms with Crippen LogP contribution in [0.2, 0.25) is 0 Å². The lowest BCUT2D eigenvalue weighted by Gasteiger charge is -2.24. The third-order valence-electron chi connectivity index (χ3n) is 2.09. The molecule has 5 nitrogen and oxygen atoms in total. The Bertz CT molecular complexity index is 445. The second kappa shape index (κ2) is 6.19. The average molecular weight is 335 g/mol. The van der Waals surface area contributed by atoms with E-state index in [1.54, 1.807) is 13.8 Å². The lowest BCUT2D eigenvalue weighted by molar-refractivity contribution is -0.138. The number of hydrogen-bond donors (Lipinski definition) is 3. The molecule has 0 radical (unpaired) electrons. The number of rotatable bonds is 5. The van der Waals surface area contributed by atoms with Gasteiger partial charge in [-0.15, -0.1) is 11.3 Å². The van der Waals surface area contributed by atoms with Gasteiger partial charge in [0, 0.05) is 20.3 Å². The predicted molar refractivity (Wildman–Crippen MR) is 73.7 cm³/mol. The number of carbonyl (C=O) groups excluding carboxylic acids is 1. The van der Waals surface area contributed by atoms with E-state index >= 15 is 0 Å². The topological polar surface area (TPSA) is 78.4 Å². The van der Waals surface area contributed by atoms with Crippen LogP contribution in [0.5, 0.6) is 0 Å². The van der Waals surface area contributed by atoms with Crippen molar-refractivity contribution in [2.75, 3.05) is 0 Å². The lowest BCUT2D eigenvalue weighted by atomic mass is 10.0. The highest BCUT2D eigenvalue weighted by atomic mass is 79.9. The van der Waals surface area contributed by atoms with Crippen molar-refractivity contribution in [3.8, 4) is 0 Å². The van der Waals surface area contributed by atoms with Gasteiger partial charge in [-0.05, 0) is 35.8 Å². The van der Waals surface area contributed by atoms with Gasteiger partial charge in [0.15, 0.2) is 0 Å². The van der Waals surface area contributed by atoms with Gasteiger partial charge in [-0.25, -0.2) is 4.79 Å². The predicted octanol–water partition coefficient (Wildman–Crippen LogP) is 2.56. The summed E-state index contributed by atoms with van der Waals surface area (Å²) >= 11 is 4.87. The molecule has 1 heterocycles. The van der Waals surface area contributed by atoms with Gasteiger partial charge in [0.25, 0.3) is 0 Å². The molecule has 0 aliphatic heterocycles. The normalized spacial score (nSPS) is 11.1. The van der Waals surface area contributed by atoms with Crippen molar-refractivity contribution < 1.29 is 14.7 Å². The molecule has 1 aromatic rings. The first-order valence-corrected chi connectivity index (χ1v) is 6.96. The van der Waals surface area contributed by atoms with E-state index in [1.165, 1.54) is 11.3 Å². The van der Waals surface area contributed by atoms with Crippen molar-refractivity contribution in [2.45, 2.75) is 32.4 Å². The molecule has 2 amide bonds. The average Bonchev–Trinajstić information content (AvgIpc) is 2.58. The summed E-state index contributed by atoms with van der Waals surface area (Å²) in [5.74, 6) is -0.942. The van der Waals surface area contributed by atoms with Crippen LogP contribution in [0.25, 0.3) is 0 Å². The SMILES string of the molecule is CC(C)(CC(=O)O)NC(=O)NCc1cc(Br)cs1. The lowest BCUT2D eigenvalue weighted by Crippen LogP contribution is -2.49. The second-order valence-corrected chi connectivity index (χ2v) is 6.40. The van der Waals surface area contributed by atoms with Gasteiger partial charge in [-0.3, -0.25) is 4.79 Å². The van der Waals surface area contributed by atoms with Crippen molar-refractivity contribution >= 4 is 39.3 Å². The minimum Gasteiger partial charge on any atom is -0.481 e. The van der Waals surface area contributed by atoms with Crippen LogP contribution in [0.3, 0.4) is 0 Å². The first-order chi connectivity index (χ1) is 8.28. The summed E-state index contributed by atoms with van der Waals surface area (Å²) in [6, 6.07) is 1.55. The summed E-state index contributed by atoms with van der Waals surface area (Å²) in [5, 5.41) is 15.9. The summed E-state index contributed by atoms with van der Waals surface area (Å²) in [5.41, 5.74) is -0.772. The Morgan fingerprint density at radius 3 is 2.67 bits per heavy atom. The van der Waals surface area contributed by atoms with E-state index in [2.05, 4.69) is 26.6 Å². The van der Waals surface area contributed by atoms with Gasteiger partial charge < -0.3 is 15.7 Å². The number of urea groups is 1. The molecule has 0 aliphatic rings. The monoisotopic (exact) mass is 334 g/mol. The van der Waals surface area contributed by atoms with E-state index in [4.69, 9.17) is 5.11 Å². The third kappa shape index (κ3) is 5.50. The molecule has 7 heteroatoms. The number of hydrogen-bond acceptors (Lipinski definition) is 3. The van der Waals surface area contributed by atoms with Crippen LogP contribution < -0.4 is 10.6 Å². The molecule has 0 fully saturated rings. The molecule has 0 saturated carbocycles. The maximum Gasteiger partial charge on any atom is 0.315 e. The number of aliphatic carboxylic acids is 1. The molecule has 100 valence electrons. The molecule has 0 saturated heterocycles. The number of nitrogens with one attached hydrogen (secondary N) is 2. The van der Waals surface area contributed by atoms with E-state index in [1.807, 2.05) is 11.4 Å². The highest BCUT2D eigenvalue weighted by Gasteiger charge is 2.23. The minimum absolute atomic E-state index is 0.120. The van der Waals surface area contributed by atoms with Gasteiger partial charge >= 0.3 is 12.0 Å². The number of halogens is 1. The molecular formula is C11H15BrN2O3S. The molecule has 0 spiro atoms. The Morgan fingerprint density at radius 2 is 2.17 bits per heavy atom. The summed E-state index contributed by atoms with van der Waals surface area (Å²) in [7, 11) is 0. The molecule has 1 aromatic heterocycles. The van der Waals surface area contributed by atoms with E-state index in [0.29, 0.717) is 6.54 Å². The van der Waals surface area contributed by atoms with Crippen molar-refractivity contribution in [2.24, 2.45) is 0 Å². The Balaban J connectivity index is 2.39. The molecule has 3 N–H and O–H groups in total. The molecule has 18 heavy (non-hydrogen) atoms. The zero-order valence-corrected chi connectivity index (χ0v) is 12.5.